The Balaban J connectivity index is 1.55. The second kappa shape index (κ2) is 6.61. The smallest absolute Gasteiger partial charge is 0.218 e. The zero-order valence-electron chi connectivity index (χ0n) is 15.0. The first kappa shape index (κ1) is 17.4. The highest BCUT2D eigenvalue weighted by Gasteiger charge is 2.45. The van der Waals surface area contributed by atoms with Crippen LogP contribution >= 0.6 is 12.2 Å². The monoisotopic (exact) mass is 375 g/mol. The molecule has 138 valence electrons. The van der Waals surface area contributed by atoms with Gasteiger partial charge in [0.1, 0.15) is 18.5 Å². The maximum atomic E-state index is 12.1. The van der Waals surface area contributed by atoms with Crippen molar-refractivity contribution in [3.05, 3.63) is 39.9 Å². The van der Waals surface area contributed by atoms with Crippen molar-refractivity contribution >= 4 is 18.0 Å². The van der Waals surface area contributed by atoms with Crippen LogP contribution in [0.1, 0.15) is 29.4 Å². The highest BCUT2D eigenvalue weighted by atomic mass is 32.1. The number of aromatic nitrogens is 3. The molecule has 4 rings (SSSR count). The summed E-state index contributed by atoms with van der Waals surface area (Å²) in [6, 6.07) is 5.74. The molecule has 2 aliphatic rings. The lowest BCUT2D eigenvalue weighted by molar-refractivity contribution is -0.156. The molecule has 3 heterocycles. The topological polar surface area (TPSA) is 67.5 Å². The zero-order valence-corrected chi connectivity index (χ0v) is 15.8. The van der Waals surface area contributed by atoms with Gasteiger partial charge in [-0.3, -0.25) is 4.79 Å². The molecule has 26 heavy (non-hydrogen) atoms. The van der Waals surface area contributed by atoms with Gasteiger partial charge in [-0.2, -0.15) is 5.10 Å². The van der Waals surface area contributed by atoms with Gasteiger partial charge in [-0.05, 0) is 49.3 Å². The lowest BCUT2D eigenvalue weighted by Gasteiger charge is -2.26. The molecule has 3 atom stereocenters. The number of aryl methyl sites for hydroxylation is 2. The van der Waals surface area contributed by atoms with Gasteiger partial charge in [0.25, 0.3) is 0 Å². The minimum atomic E-state index is -0.721. The predicted molar refractivity (Wildman–Crippen MR) is 95.6 cm³/mol. The van der Waals surface area contributed by atoms with Crippen molar-refractivity contribution in [1.82, 2.24) is 14.3 Å². The molecular formula is C18H21N3O4S. The number of ketones is 1. The first-order valence-corrected chi connectivity index (χ1v) is 8.99. The van der Waals surface area contributed by atoms with Crippen molar-refractivity contribution in [1.29, 1.82) is 0 Å². The Bertz CT molecular complexity index is 920. The summed E-state index contributed by atoms with van der Waals surface area (Å²) in [6.07, 6.45) is -0.604. The number of carbonyl (C=O) groups is 1. The van der Waals surface area contributed by atoms with Crippen molar-refractivity contribution in [3.8, 4) is 5.75 Å². The summed E-state index contributed by atoms with van der Waals surface area (Å²) in [5.41, 5.74) is 2.40. The predicted octanol–water partition coefficient (Wildman–Crippen LogP) is 2.40. The van der Waals surface area contributed by atoms with Crippen LogP contribution in [0.2, 0.25) is 0 Å². The lowest BCUT2D eigenvalue weighted by Crippen LogP contribution is -2.37. The van der Waals surface area contributed by atoms with E-state index in [1.165, 1.54) is 11.1 Å². The number of hydrogen-bond donors (Lipinski definition) is 0. The third-order valence-corrected chi connectivity index (χ3v) is 5.53. The SMILES string of the molecule is Cc1ccc(OCc2nn(C3CC(=O)C4OCC3O4)c(=S)n2C)cc1C. The van der Waals surface area contributed by atoms with E-state index in [-0.39, 0.29) is 17.9 Å². The van der Waals surface area contributed by atoms with Gasteiger partial charge >= 0.3 is 0 Å². The maximum Gasteiger partial charge on any atom is 0.218 e. The summed E-state index contributed by atoms with van der Waals surface area (Å²) in [7, 11) is 1.85. The van der Waals surface area contributed by atoms with Crippen molar-refractivity contribution in [3.63, 3.8) is 0 Å². The molecule has 1 aromatic carbocycles. The molecule has 2 aliphatic heterocycles. The van der Waals surface area contributed by atoms with Crippen LogP contribution in [0.3, 0.4) is 0 Å². The number of ether oxygens (including phenoxy) is 3. The van der Waals surface area contributed by atoms with E-state index >= 15 is 0 Å². The third kappa shape index (κ3) is 2.98. The van der Waals surface area contributed by atoms with Crippen LogP contribution in [0.5, 0.6) is 5.75 Å². The summed E-state index contributed by atoms with van der Waals surface area (Å²) in [5, 5.41) is 4.60. The van der Waals surface area contributed by atoms with Crippen LogP contribution in [0.4, 0.5) is 0 Å². The Labute approximate surface area is 156 Å². The molecule has 0 amide bonds. The average Bonchev–Trinajstić information content (AvgIpc) is 3.17. The second-order valence-corrected chi connectivity index (χ2v) is 7.18. The van der Waals surface area contributed by atoms with Crippen LogP contribution in [0.15, 0.2) is 18.2 Å². The summed E-state index contributed by atoms with van der Waals surface area (Å²) in [6.45, 7) is 4.79. The molecule has 2 fully saturated rings. The number of Topliss-reactive ketones (excluding diaryl/α,β-unsaturated/α-hetero) is 1. The number of fused-ring (bicyclic) bond motifs is 2. The fourth-order valence-electron chi connectivity index (χ4n) is 3.26. The van der Waals surface area contributed by atoms with E-state index in [1.54, 1.807) is 4.68 Å². The minimum Gasteiger partial charge on any atom is -0.486 e. The Morgan fingerprint density at radius 3 is 2.92 bits per heavy atom. The fourth-order valence-corrected chi connectivity index (χ4v) is 3.54. The summed E-state index contributed by atoms with van der Waals surface area (Å²) < 4.78 is 20.9. The van der Waals surface area contributed by atoms with Gasteiger partial charge in [-0.15, -0.1) is 0 Å². The normalized spacial score (nSPS) is 24.9. The van der Waals surface area contributed by atoms with E-state index in [2.05, 4.69) is 18.9 Å². The van der Waals surface area contributed by atoms with Gasteiger partial charge in [-0.1, -0.05) is 6.07 Å². The average molecular weight is 375 g/mol. The number of rotatable bonds is 4. The second-order valence-electron chi connectivity index (χ2n) is 6.81. The molecule has 7 nitrogen and oxygen atoms in total. The largest absolute Gasteiger partial charge is 0.486 e. The summed E-state index contributed by atoms with van der Waals surface area (Å²) in [4.78, 5) is 12.1. The van der Waals surface area contributed by atoms with E-state index < -0.39 is 6.29 Å². The van der Waals surface area contributed by atoms with Crippen molar-refractivity contribution in [2.24, 2.45) is 7.05 Å². The van der Waals surface area contributed by atoms with Crippen LogP contribution in [0.25, 0.3) is 0 Å². The van der Waals surface area contributed by atoms with Crippen LogP contribution < -0.4 is 4.74 Å². The quantitative estimate of drug-likeness (QED) is 0.765. The van der Waals surface area contributed by atoms with Crippen LogP contribution in [-0.2, 0) is 27.9 Å². The highest BCUT2D eigenvalue weighted by molar-refractivity contribution is 7.71. The molecule has 8 heteroatoms. The number of carbonyl (C=O) groups excluding carboxylic acids is 1. The Hall–Kier alpha value is -2.03. The third-order valence-electron chi connectivity index (χ3n) is 5.07. The van der Waals surface area contributed by atoms with E-state index in [0.29, 0.717) is 30.2 Å². The first-order valence-electron chi connectivity index (χ1n) is 8.58. The minimum absolute atomic E-state index is 0.0655. The van der Waals surface area contributed by atoms with E-state index in [9.17, 15) is 4.79 Å². The van der Waals surface area contributed by atoms with E-state index in [4.69, 9.17) is 26.4 Å². The Kier molecular flexibility index (Phi) is 4.42. The standard InChI is InChI=1S/C18H21N3O4S/c1-10-4-5-12(6-11(10)2)23-9-16-19-21(18(26)20(16)3)13-7-14(22)17-24-8-15(13)25-17/h4-6,13,15,17H,7-9H2,1-3H3. The maximum absolute atomic E-state index is 12.1. The molecule has 2 bridgehead atoms. The number of hydrogen-bond acceptors (Lipinski definition) is 6. The molecule has 3 unspecified atom stereocenters. The molecule has 0 spiro atoms. The Morgan fingerprint density at radius 1 is 1.35 bits per heavy atom. The molecule has 0 N–H and O–H groups in total. The van der Waals surface area contributed by atoms with Gasteiger partial charge < -0.3 is 18.8 Å². The van der Waals surface area contributed by atoms with Crippen LogP contribution in [-0.4, -0.2) is 39.1 Å². The first-order chi connectivity index (χ1) is 12.4. The molecule has 0 radical (unpaired) electrons. The zero-order chi connectivity index (χ0) is 18.4. The Morgan fingerprint density at radius 2 is 2.15 bits per heavy atom. The summed E-state index contributed by atoms with van der Waals surface area (Å²) >= 11 is 5.52. The molecule has 1 aromatic heterocycles. The molecule has 0 aliphatic carbocycles. The van der Waals surface area contributed by atoms with Crippen LogP contribution in [0, 0.1) is 18.6 Å². The fraction of sp³-hybridized carbons (Fsp3) is 0.500. The van der Waals surface area contributed by atoms with Gasteiger partial charge in [0, 0.05) is 13.5 Å². The van der Waals surface area contributed by atoms with Gasteiger partial charge in [0.2, 0.25) is 6.29 Å². The van der Waals surface area contributed by atoms with E-state index in [0.717, 1.165) is 5.75 Å². The molecular weight excluding hydrogens is 354 g/mol. The molecule has 2 saturated heterocycles. The van der Waals surface area contributed by atoms with Crippen molar-refractivity contribution in [2.75, 3.05) is 6.61 Å². The van der Waals surface area contributed by atoms with Crippen molar-refractivity contribution < 1.29 is 19.0 Å². The molecule has 0 saturated carbocycles. The van der Waals surface area contributed by atoms with Gasteiger partial charge in [0.05, 0.1) is 12.6 Å². The molecule has 2 aromatic rings. The number of nitrogens with zero attached hydrogens (tertiary/aromatic N) is 3. The van der Waals surface area contributed by atoms with Crippen molar-refractivity contribution in [2.45, 2.75) is 45.3 Å². The lowest BCUT2D eigenvalue weighted by atomic mass is 10.0. The van der Waals surface area contributed by atoms with E-state index in [1.807, 2.05) is 29.8 Å². The number of benzene rings is 1. The summed E-state index contributed by atoms with van der Waals surface area (Å²) in [5.74, 6) is 1.42. The highest BCUT2D eigenvalue weighted by Crippen LogP contribution is 2.33. The van der Waals surface area contributed by atoms with Gasteiger partial charge in [0.15, 0.2) is 16.4 Å². The van der Waals surface area contributed by atoms with Gasteiger partial charge in [-0.25, -0.2) is 4.68 Å².